The fraction of sp³-hybridized carbons (Fsp3) is 0.655. The van der Waals surface area contributed by atoms with Crippen molar-refractivity contribution in [2.45, 2.75) is 111 Å². The lowest BCUT2D eigenvalue weighted by Gasteiger charge is -2.10. The molecule has 2 aromatic rings. The van der Waals surface area contributed by atoms with Crippen molar-refractivity contribution < 1.29 is 4.74 Å². The van der Waals surface area contributed by atoms with Crippen molar-refractivity contribution in [3.63, 3.8) is 0 Å². The lowest BCUT2D eigenvalue weighted by Crippen LogP contribution is -2.01. The second-order valence-corrected chi connectivity index (χ2v) is 9.38. The van der Waals surface area contributed by atoms with Crippen LogP contribution in [0.5, 0.6) is 5.75 Å². The molecular formula is C29H46N2O. The van der Waals surface area contributed by atoms with E-state index in [9.17, 15) is 0 Å². The van der Waals surface area contributed by atoms with E-state index >= 15 is 0 Å². The molecule has 0 saturated carbocycles. The second-order valence-electron chi connectivity index (χ2n) is 9.38. The van der Waals surface area contributed by atoms with Gasteiger partial charge < -0.3 is 4.74 Å². The fourth-order valence-electron chi connectivity index (χ4n) is 3.98. The molecule has 0 bridgehead atoms. The Morgan fingerprint density at radius 2 is 1.34 bits per heavy atom. The van der Waals surface area contributed by atoms with Gasteiger partial charge in [-0.2, -0.15) is 0 Å². The highest BCUT2D eigenvalue weighted by molar-refractivity contribution is 5.55. The van der Waals surface area contributed by atoms with E-state index in [0.29, 0.717) is 0 Å². The van der Waals surface area contributed by atoms with Gasteiger partial charge in [0.2, 0.25) is 0 Å². The first-order valence-corrected chi connectivity index (χ1v) is 13.3. The average molecular weight is 439 g/mol. The second kappa shape index (κ2) is 16.7. The van der Waals surface area contributed by atoms with Gasteiger partial charge in [0.15, 0.2) is 5.82 Å². The molecule has 2 rings (SSSR count). The first kappa shape index (κ1) is 26.4. The zero-order chi connectivity index (χ0) is 22.9. The van der Waals surface area contributed by atoms with Gasteiger partial charge in [-0.15, -0.1) is 0 Å². The summed E-state index contributed by atoms with van der Waals surface area (Å²) in [4.78, 5) is 9.19. The number of benzene rings is 1. The van der Waals surface area contributed by atoms with Crippen molar-refractivity contribution in [1.82, 2.24) is 9.97 Å². The van der Waals surface area contributed by atoms with Crippen LogP contribution in [0.25, 0.3) is 11.4 Å². The van der Waals surface area contributed by atoms with Crippen molar-refractivity contribution in [2.24, 2.45) is 5.92 Å². The Bertz CT molecular complexity index is 696. The Morgan fingerprint density at radius 1 is 0.750 bits per heavy atom. The van der Waals surface area contributed by atoms with E-state index < -0.39 is 0 Å². The van der Waals surface area contributed by atoms with E-state index in [2.05, 4.69) is 42.9 Å². The van der Waals surface area contributed by atoms with Gasteiger partial charge in [-0.25, -0.2) is 9.97 Å². The molecule has 1 aromatic heterocycles. The molecule has 0 saturated heterocycles. The lowest BCUT2D eigenvalue weighted by molar-refractivity contribution is 0.294. The van der Waals surface area contributed by atoms with Crippen molar-refractivity contribution in [3.05, 3.63) is 42.2 Å². The summed E-state index contributed by atoms with van der Waals surface area (Å²) in [5.41, 5.74) is 2.29. The molecule has 1 heterocycles. The Morgan fingerprint density at radius 3 is 1.94 bits per heavy atom. The minimum Gasteiger partial charge on any atom is -0.494 e. The van der Waals surface area contributed by atoms with Gasteiger partial charge in [-0.05, 0) is 61.4 Å². The smallest absolute Gasteiger partial charge is 0.159 e. The number of hydrogen-bond donors (Lipinski definition) is 0. The molecule has 0 aliphatic carbocycles. The summed E-state index contributed by atoms with van der Waals surface area (Å²) in [5.74, 6) is 2.50. The van der Waals surface area contributed by atoms with E-state index in [1.807, 2.05) is 24.5 Å². The Balaban J connectivity index is 1.61. The standard InChI is InChI=1S/C29H46N2O/c1-4-6-7-8-9-10-11-12-13-14-17-26-23-30-29(31-24-26)27-18-20-28(21-19-27)32-22-15-16-25(3)5-2/h18-21,23-25H,4-17,22H2,1-3H3. The van der Waals surface area contributed by atoms with Crippen molar-refractivity contribution in [1.29, 1.82) is 0 Å². The topological polar surface area (TPSA) is 35.0 Å². The molecule has 3 heteroatoms. The summed E-state index contributed by atoms with van der Waals surface area (Å²) in [6.07, 6.45) is 22.4. The van der Waals surface area contributed by atoms with Crippen LogP contribution >= 0.6 is 0 Å². The van der Waals surface area contributed by atoms with Crippen LogP contribution in [-0.4, -0.2) is 16.6 Å². The predicted octanol–water partition coefficient (Wildman–Crippen LogP) is 8.81. The highest BCUT2D eigenvalue weighted by Gasteiger charge is 2.04. The van der Waals surface area contributed by atoms with Crippen LogP contribution in [0.3, 0.4) is 0 Å². The van der Waals surface area contributed by atoms with Crippen LogP contribution < -0.4 is 4.74 Å². The summed E-state index contributed by atoms with van der Waals surface area (Å²) < 4.78 is 5.87. The molecular weight excluding hydrogens is 392 g/mol. The van der Waals surface area contributed by atoms with Gasteiger partial charge in [0.25, 0.3) is 0 Å². The highest BCUT2D eigenvalue weighted by Crippen LogP contribution is 2.20. The Kier molecular flexibility index (Phi) is 13.7. The average Bonchev–Trinajstić information content (AvgIpc) is 2.83. The molecule has 178 valence electrons. The number of hydrogen-bond acceptors (Lipinski definition) is 3. The van der Waals surface area contributed by atoms with E-state index in [-0.39, 0.29) is 0 Å². The van der Waals surface area contributed by atoms with E-state index in [1.165, 1.54) is 82.6 Å². The lowest BCUT2D eigenvalue weighted by atomic mass is 10.0. The maximum atomic E-state index is 5.87. The third-order valence-corrected chi connectivity index (χ3v) is 6.44. The molecule has 1 unspecified atom stereocenters. The SMILES string of the molecule is CCCCCCCCCCCCc1cnc(-c2ccc(OCCCC(C)CC)cc2)nc1. The summed E-state index contributed by atoms with van der Waals surface area (Å²) in [5, 5.41) is 0. The van der Waals surface area contributed by atoms with Gasteiger partial charge in [-0.3, -0.25) is 0 Å². The highest BCUT2D eigenvalue weighted by atomic mass is 16.5. The molecule has 0 aliphatic heterocycles. The fourth-order valence-corrected chi connectivity index (χ4v) is 3.98. The minimum atomic E-state index is 0.784. The Labute approximate surface area is 197 Å². The molecule has 0 N–H and O–H groups in total. The summed E-state index contributed by atoms with van der Waals surface area (Å²) in [6, 6.07) is 8.17. The number of unbranched alkanes of at least 4 members (excludes halogenated alkanes) is 9. The van der Waals surface area contributed by atoms with Gasteiger partial charge in [0.05, 0.1) is 6.61 Å². The van der Waals surface area contributed by atoms with Gasteiger partial charge in [-0.1, -0.05) is 85.0 Å². The normalized spacial score (nSPS) is 12.1. The maximum Gasteiger partial charge on any atom is 0.159 e. The monoisotopic (exact) mass is 438 g/mol. The number of aryl methyl sites for hydroxylation is 1. The van der Waals surface area contributed by atoms with Gasteiger partial charge >= 0.3 is 0 Å². The van der Waals surface area contributed by atoms with Crippen molar-refractivity contribution in [3.8, 4) is 17.1 Å². The first-order chi connectivity index (χ1) is 15.7. The molecule has 1 atom stereocenters. The predicted molar refractivity (Wildman–Crippen MR) is 137 cm³/mol. The van der Waals surface area contributed by atoms with E-state index in [0.717, 1.165) is 42.5 Å². The number of rotatable bonds is 18. The minimum absolute atomic E-state index is 0.784. The van der Waals surface area contributed by atoms with E-state index in [1.54, 1.807) is 0 Å². The summed E-state index contributed by atoms with van der Waals surface area (Å²) >= 11 is 0. The van der Waals surface area contributed by atoms with E-state index in [4.69, 9.17) is 4.74 Å². The molecule has 0 radical (unpaired) electrons. The molecule has 0 fully saturated rings. The van der Waals surface area contributed by atoms with Crippen LogP contribution in [0, 0.1) is 5.92 Å². The quantitative estimate of drug-likeness (QED) is 0.218. The number of nitrogens with zero attached hydrogens (tertiary/aromatic N) is 2. The van der Waals surface area contributed by atoms with Crippen molar-refractivity contribution in [2.75, 3.05) is 6.61 Å². The molecule has 32 heavy (non-hydrogen) atoms. The maximum absolute atomic E-state index is 5.87. The summed E-state index contributed by atoms with van der Waals surface area (Å²) in [6.45, 7) is 7.62. The molecule has 3 nitrogen and oxygen atoms in total. The van der Waals surface area contributed by atoms with Gasteiger partial charge in [0, 0.05) is 18.0 Å². The molecule has 0 aliphatic rings. The number of aromatic nitrogens is 2. The van der Waals surface area contributed by atoms with Crippen LogP contribution in [0.15, 0.2) is 36.7 Å². The molecule has 0 amide bonds. The number of ether oxygens (including phenoxy) is 1. The summed E-state index contributed by atoms with van der Waals surface area (Å²) in [7, 11) is 0. The third kappa shape index (κ3) is 11.1. The zero-order valence-corrected chi connectivity index (χ0v) is 21.0. The van der Waals surface area contributed by atoms with Gasteiger partial charge in [0.1, 0.15) is 5.75 Å². The molecule has 1 aromatic carbocycles. The Hall–Kier alpha value is -1.90. The van der Waals surface area contributed by atoms with Crippen LogP contribution in [0.1, 0.15) is 110 Å². The molecule has 0 spiro atoms. The first-order valence-electron chi connectivity index (χ1n) is 13.3. The van der Waals surface area contributed by atoms with Crippen molar-refractivity contribution >= 4 is 0 Å². The van der Waals surface area contributed by atoms with Crippen LogP contribution in [-0.2, 0) is 6.42 Å². The largest absolute Gasteiger partial charge is 0.494 e. The zero-order valence-electron chi connectivity index (χ0n) is 21.0. The van der Waals surface area contributed by atoms with Crippen LogP contribution in [0.2, 0.25) is 0 Å². The third-order valence-electron chi connectivity index (χ3n) is 6.44. The van der Waals surface area contributed by atoms with Crippen LogP contribution in [0.4, 0.5) is 0 Å².